The van der Waals surface area contributed by atoms with Crippen molar-refractivity contribution in [1.29, 1.82) is 0 Å². The Bertz CT molecular complexity index is 65.9. The van der Waals surface area contributed by atoms with Gasteiger partial charge in [-0.2, -0.15) is 9.90 Å². The van der Waals surface area contributed by atoms with Gasteiger partial charge in [-0.3, -0.25) is 0 Å². The number of hydrogen-bond acceptors (Lipinski definition) is 1. The van der Waals surface area contributed by atoms with Crippen molar-refractivity contribution in [2.75, 3.05) is 26.2 Å². The molecule has 0 amide bonds. The fourth-order valence-corrected chi connectivity index (χ4v) is 2.66. The average Bonchev–Trinajstić information content (AvgIpc) is 1.21. The first kappa shape index (κ1) is 12.5. The summed E-state index contributed by atoms with van der Waals surface area (Å²) >= 11 is 0. The van der Waals surface area contributed by atoms with Crippen LogP contribution in [0.5, 0.6) is 0 Å². The van der Waals surface area contributed by atoms with Gasteiger partial charge in [0.05, 0.1) is 0 Å². The van der Waals surface area contributed by atoms with Gasteiger partial charge in [0.1, 0.15) is 0 Å². The molecule has 0 bridgehead atoms. The van der Waals surface area contributed by atoms with Gasteiger partial charge in [0.25, 0.3) is 0 Å². The molecule has 0 rings (SSSR count). The van der Waals surface area contributed by atoms with E-state index < -0.39 is 7.26 Å². The van der Waals surface area contributed by atoms with Gasteiger partial charge in [-0.25, -0.2) is 0 Å². The Balaban J connectivity index is 0. The van der Waals surface area contributed by atoms with Gasteiger partial charge in [-0.05, 0) is 0 Å². The summed E-state index contributed by atoms with van der Waals surface area (Å²) in [7, 11) is -0.970. The van der Waals surface area contributed by atoms with Gasteiger partial charge >= 0.3 is 51.6 Å². The minimum atomic E-state index is -0.970. The molecule has 0 aromatic carbocycles. The van der Waals surface area contributed by atoms with E-state index in [1.165, 1.54) is 0 Å². The van der Waals surface area contributed by atoms with E-state index in [1.807, 2.05) is 6.92 Å². The van der Waals surface area contributed by atoms with Crippen molar-refractivity contribution in [1.82, 2.24) is 0 Å². The van der Waals surface area contributed by atoms with Crippen LogP contribution in [0.15, 0.2) is 0 Å². The molecule has 0 heterocycles. The van der Waals surface area contributed by atoms with Gasteiger partial charge in [-0.1, -0.05) is 0 Å². The van der Waals surface area contributed by atoms with Gasteiger partial charge in [0.2, 0.25) is 0 Å². The molecule has 1 nitrogen and oxygen atoms in total. The van der Waals surface area contributed by atoms with Gasteiger partial charge in [0.15, 0.2) is 0 Å². The smallest absolute Gasteiger partial charge is 0.153 e. The Hall–Kier alpha value is 0.820. The minimum Gasteiger partial charge on any atom is -0.153 e. The van der Waals surface area contributed by atoms with Crippen molar-refractivity contribution < 1.29 is 5.11 Å². The fraction of sp³-hybridized carbons (Fsp3) is 1.00. The largest absolute Gasteiger partial charge is 0.153 e. The van der Waals surface area contributed by atoms with Crippen LogP contribution in [0.1, 0.15) is 6.92 Å². The summed E-state index contributed by atoms with van der Waals surface area (Å²) in [6.45, 7) is 8.65. The molecule has 0 saturated carbocycles. The maximum absolute atomic E-state index is 8.92. The Labute approximate surface area is 62.2 Å². The van der Waals surface area contributed by atoms with E-state index in [9.17, 15) is 0 Å². The average molecular weight is 170 g/mol. The first-order chi connectivity index (χ1) is 3.42. The van der Waals surface area contributed by atoms with Crippen LogP contribution in [-0.2, 0) is 0 Å². The van der Waals surface area contributed by atoms with E-state index in [4.69, 9.17) is 5.11 Å². The first-order valence-electron chi connectivity index (χ1n) is 3.10. The van der Waals surface area contributed by atoms with Gasteiger partial charge < -0.3 is 0 Å². The maximum atomic E-state index is 8.92. The second kappa shape index (κ2) is 4.61. The quantitative estimate of drug-likeness (QED) is 0.614. The summed E-state index contributed by atoms with van der Waals surface area (Å²) in [4.78, 5) is 0. The molecule has 0 radical (unpaired) electrons. The number of hydrogen-bond donors (Lipinski definition) is 1. The van der Waals surface area contributed by atoms with Crippen molar-refractivity contribution in [3.8, 4) is 0 Å². The Kier molecular flexibility index (Phi) is 6.39. The molecule has 0 aliphatic rings. The zero-order chi connectivity index (χ0) is 6.78. The summed E-state index contributed by atoms with van der Waals surface area (Å²) in [6, 6.07) is 0. The number of rotatable bonds is 2. The molecule has 0 saturated heterocycles. The van der Waals surface area contributed by atoms with Gasteiger partial charge in [0, 0.05) is 0 Å². The Morgan fingerprint density at radius 3 is 1.67 bits per heavy atom. The van der Waals surface area contributed by atoms with Crippen LogP contribution in [0, 0.1) is 0 Å². The third kappa shape index (κ3) is 12.1. The number of aliphatic hydroxyl groups is 1. The van der Waals surface area contributed by atoms with Crippen molar-refractivity contribution >= 4 is 17.2 Å². The van der Waals surface area contributed by atoms with Crippen LogP contribution in [0.2, 0.25) is 0 Å². The zero-order valence-corrected chi connectivity index (χ0v) is 9.35. The molecule has 60 valence electrons. The Morgan fingerprint density at radius 1 is 1.33 bits per heavy atom. The molecule has 0 aliphatic carbocycles. The van der Waals surface area contributed by atoms with Crippen LogP contribution in [0.4, 0.5) is 0 Å². The van der Waals surface area contributed by atoms with Crippen molar-refractivity contribution in [3.63, 3.8) is 0 Å². The van der Waals surface area contributed by atoms with Crippen LogP contribution in [-0.4, -0.2) is 37.4 Å². The zero-order valence-electron chi connectivity index (χ0n) is 6.94. The predicted octanol–water partition coefficient (Wildman–Crippen LogP) is 1.06. The third-order valence-corrected chi connectivity index (χ3v) is 2.72. The standard InChI is InChI=1S/C6H17OP.H3P/c1-6(7)5-8(2,3)4;/h6-8H,5H2,1-4H3;1H3. The molecule has 9 heavy (non-hydrogen) atoms. The molecule has 0 aliphatic heterocycles. The normalized spacial score (nSPS) is 16.1. The van der Waals surface area contributed by atoms with Crippen LogP contribution in [0.3, 0.4) is 0 Å². The van der Waals surface area contributed by atoms with Crippen molar-refractivity contribution in [3.05, 3.63) is 0 Å². The monoisotopic (exact) mass is 170 g/mol. The summed E-state index contributed by atoms with van der Waals surface area (Å²) in [5, 5.41) is 8.92. The van der Waals surface area contributed by atoms with E-state index >= 15 is 0 Å². The third-order valence-electron chi connectivity index (χ3n) is 0.908. The number of aliphatic hydroxyl groups excluding tert-OH is 1. The molecule has 3 heteroatoms. The second-order valence-corrected chi connectivity index (χ2v) is 9.14. The van der Waals surface area contributed by atoms with Crippen molar-refractivity contribution in [2.24, 2.45) is 0 Å². The van der Waals surface area contributed by atoms with Crippen LogP contribution < -0.4 is 0 Å². The van der Waals surface area contributed by atoms with E-state index in [2.05, 4.69) is 20.0 Å². The molecule has 0 aromatic heterocycles. The molecule has 0 aromatic rings. The summed E-state index contributed by atoms with van der Waals surface area (Å²) in [6.07, 6.45) is 0.925. The second-order valence-electron chi connectivity index (χ2n) is 3.61. The fourth-order valence-electron chi connectivity index (χ4n) is 0.886. The van der Waals surface area contributed by atoms with E-state index in [1.54, 1.807) is 0 Å². The molecule has 2 unspecified atom stereocenters. The van der Waals surface area contributed by atoms with E-state index in [0.29, 0.717) is 0 Å². The van der Waals surface area contributed by atoms with E-state index in [0.717, 1.165) is 6.16 Å². The summed E-state index contributed by atoms with van der Waals surface area (Å²) in [5.41, 5.74) is 0. The SMILES string of the molecule is CC(O)C[PH](C)(C)C.P. The van der Waals surface area contributed by atoms with Crippen LogP contribution in [0.25, 0.3) is 0 Å². The van der Waals surface area contributed by atoms with Gasteiger partial charge in [-0.15, -0.1) is 0 Å². The predicted molar refractivity (Wildman–Crippen MR) is 53.7 cm³/mol. The summed E-state index contributed by atoms with van der Waals surface area (Å²) < 4.78 is 0. The minimum absolute atomic E-state index is 0. The Morgan fingerprint density at radius 2 is 1.67 bits per heavy atom. The first-order valence-corrected chi connectivity index (χ1v) is 6.80. The molecular weight excluding hydrogens is 150 g/mol. The van der Waals surface area contributed by atoms with E-state index in [-0.39, 0.29) is 16.0 Å². The summed E-state index contributed by atoms with van der Waals surface area (Å²) in [5.74, 6) is 0. The van der Waals surface area contributed by atoms with Crippen LogP contribution >= 0.6 is 17.2 Å². The molecule has 0 fully saturated rings. The topological polar surface area (TPSA) is 20.2 Å². The molecule has 2 atom stereocenters. The molecule has 0 spiro atoms. The molecular formula is C6H20OP2. The van der Waals surface area contributed by atoms with Crippen molar-refractivity contribution in [2.45, 2.75) is 13.0 Å². The maximum Gasteiger partial charge on any atom is -0.153 e. The molecule has 1 N–H and O–H groups in total.